The van der Waals surface area contributed by atoms with E-state index in [1.165, 1.54) is 18.9 Å². The second kappa shape index (κ2) is 16.4. The Hall–Kier alpha value is -4.35. The minimum atomic E-state index is -4.24. The molecule has 58 heavy (non-hydrogen) atoms. The van der Waals surface area contributed by atoms with Crippen molar-refractivity contribution < 1.29 is 50.6 Å². The van der Waals surface area contributed by atoms with Crippen LogP contribution < -0.4 is 24.8 Å². The highest BCUT2D eigenvalue weighted by Gasteiger charge is 2.67. The van der Waals surface area contributed by atoms with E-state index < -0.39 is 92.4 Å². The Bertz CT molecular complexity index is 2030. The zero-order valence-corrected chi connectivity index (χ0v) is 35.0. The summed E-state index contributed by atoms with van der Waals surface area (Å²) in [4.78, 5) is 67.2. The molecule has 15 nitrogen and oxygen atoms in total. The van der Waals surface area contributed by atoms with Crippen molar-refractivity contribution in [3.8, 4) is 11.6 Å². The highest BCUT2D eigenvalue weighted by atomic mass is 32.2. The SMILES string of the molecule is CC[C@H]1CCCCCc2nc3ccc(OC)cc3nc2O[C@H]2CN(C(=O)[C@H](C(C)(C)C)NC(=O)OC1)[C@H](C(=O)N[C@]1(C(=O)NS(=O)(=O)C3(C)CC3)CC1C(F)F)[C@@H]2C. The number of hydrogen-bond acceptors (Lipinski definition) is 11. The summed E-state index contributed by atoms with van der Waals surface area (Å²) in [5, 5.41) is 5.19. The van der Waals surface area contributed by atoms with Crippen LogP contribution in [0.4, 0.5) is 13.6 Å². The Morgan fingerprint density at radius 2 is 1.84 bits per heavy atom. The maximum Gasteiger partial charge on any atom is 0.407 e. The Labute approximate surface area is 338 Å². The first-order valence-electron chi connectivity index (χ1n) is 20.2. The van der Waals surface area contributed by atoms with Crippen LogP contribution in [-0.4, -0.2) is 102 Å². The normalized spacial score (nSPS) is 29.2. The molecule has 320 valence electrons. The summed E-state index contributed by atoms with van der Waals surface area (Å²) in [7, 11) is -2.71. The molecule has 2 saturated carbocycles. The molecule has 0 spiro atoms. The van der Waals surface area contributed by atoms with Gasteiger partial charge in [0.2, 0.25) is 34.1 Å². The van der Waals surface area contributed by atoms with Crippen molar-refractivity contribution in [3.05, 3.63) is 23.9 Å². The summed E-state index contributed by atoms with van der Waals surface area (Å²) < 4.78 is 73.1. The van der Waals surface area contributed by atoms with Gasteiger partial charge in [-0.25, -0.2) is 32.0 Å². The van der Waals surface area contributed by atoms with E-state index >= 15 is 0 Å². The zero-order chi connectivity index (χ0) is 42.4. The van der Waals surface area contributed by atoms with Crippen molar-refractivity contribution in [2.45, 2.75) is 134 Å². The Morgan fingerprint density at radius 3 is 2.47 bits per heavy atom. The average molecular weight is 835 g/mol. The smallest absolute Gasteiger partial charge is 0.407 e. The van der Waals surface area contributed by atoms with Gasteiger partial charge in [0.1, 0.15) is 35.2 Å². The monoisotopic (exact) mass is 834 g/mol. The molecule has 1 saturated heterocycles. The van der Waals surface area contributed by atoms with E-state index in [4.69, 9.17) is 24.2 Å². The lowest BCUT2D eigenvalue weighted by Crippen LogP contribution is -2.61. The molecule has 2 aliphatic carbocycles. The summed E-state index contributed by atoms with van der Waals surface area (Å²) in [5.41, 5.74) is -1.48. The van der Waals surface area contributed by atoms with E-state index in [0.29, 0.717) is 28.9 Å². The number of sulfonamides is 1. The van der Waals surface area contributed by atoms with Gasteiger partial charge in [0.05, 0.1) is 42.0 Å². The van der Waals surface area contributed by atoms with Crippen LogP contribution in [0.5, 0.6) is 11.6 Å². The van der Waals surface area contributed by atoms with Gasteiger partial charge in [0.15, 0.2) is 0 Å². The quantitative estimate of drug-likeness (QED) is 0.335. The average Bonchev–Trinajstić information content (AvgIpc) is 4.07. The number of ether oxygens (including phenoxy) is 3. The lowest BCUT2D eigenvalue weighted by Gasteiger charge is -2.36. The minimum Gasteiger partial charge on any atom is -0.497 e. The number of fused-ring (bicyclic) bond motifs is 4. The third-order valence-electron chi connectivity index (χ3n) is 12.3. The zero-order valence-electron chi connectivity index (χ0n) is 34.2. The van der Waals surface area contributed by atoms with Gasteiger partial charge in [0, 0.05) is 12.0 Å². The predicted molar refractivity (Wildman–Crippen MR) is 209 cm³/mol. The van der Waals surface area contributed by atoms with Gasteiger partial charge in [-0.3, -0.25) is 19.1 Å². The van der Waals surface area contributed by atoms with E-state index in [2.05, 4.69) is 10.6 Å². The topological polar surface area (TPSA) is 195 Å². The Kier molecular flexibility index (Phi) is 12.2. The number of halogens is 2. The first-order valence-corrected chi connectivity index (χ1v) is 21.6. The standard InChI is InChI=1S/C40H56F2N6O9S/c1-8-23-12-10-9-11-13-27-34(44-28-18-24(55-7)14-15-26(28)43-27)57-29-20-48(35(50)31(38(3,4)5)45-37(52)56-21-23)30(22(29)2)33(49)46-40(19-25(40)32(41)42)36(51)47-58(53,54)39(6)16-17-39/h14-15,18,22-23,25,29-32H,8-13,16-17,19-21H2,1-7H3,(H,45,52)(H,46,49)(H,47,51)/t22-,23+,25?,29+,30+,31-,40-/m1/s1. The van der Waals surface area contributed by atoms with Gasteiger partial charge in [-0.15, -0.1) is 0 Å². The third kappa shape index (κ3) is 8.81. The first kappa shape index (κ1) is 43.2. The maximum absolute atomic E-state index is 14.8. The molecule has 4 aliphatic rings. The van der Waals surface area contributed by atoms with Crippen LogP contribution in [0.2, 0.25) is 0 Å². The number of aryl methyl sites for hydroxylation is 1. The van der Waals surface area contributed by atoms with E-state index in [1.54, 1.807) is 45.9 Å². The Balaban J connectivity index is 1.39. The molecule has 0 radical (unpaired) electrons. The van der Waals surface area contributed by atoms with Crippen LogP contribution in [-0.2, 0) is 35.6 Å². The number of cyclic esters (lactones) is 1. The fourth-order valence-electron chi connectivity index (χ4n) is 7.90. The van der Waals surface area contributed by atoms with Crippen molar-refractivity contribution in [3.63, 3.8) is 0 Å². The van der Waals surface area contributed by atoms with Crippen LogP contribution in [0.15, 0.2) is 18.2 Å². The molecule has 3 heterocycles. The number of alkyl carbamates (subject to hydrolysis) is 1. The number of alkyl halides is 2. The fourth-order valence-corrected chi connectivity index (χ4v) is 9.21. The van der Waals surface area contributed by atoms with Crippen LogP contribution in [0, 0.1) is 23.2 Å². The highest BCUT2D eigenvalue weighted by Crippen LogP contribution is 2.49. The van der Waals surface area contributed by atoms with Gasteiger partial charge in [-0.1, -0.05) is 53.9 Å². The van der Waals surface area contributed by atoms with Crippen molar-refractivity contribution in [2.24, 2.45) is 23.2 Å². The number of carbonyl (C=O) groups is 4. The lowest BCUT2D eigenvalue weighted by molar-refractivity contribution is -0.143. The number of rotatable bonds is 8. The molecule has 4 amide bonds. The van der Waals surface area contributed by atoms with E-state index in [1.807, 2.05) is 11.6 Å². The molecule has 2 bridgehead atoms. The van der Waals surface area contributed by atoms with Crippen molar-refractivity contribution in [1.29, 1.82) is 0 Å². The second-order valence-corrected chi connectivity index (χ2v) is 19.9. The molecule has 2 aliphatic heterocycles. The number of benzene rings is 1. The van der Waals surface area contributed by atoms with E-state index in [0.717, 1.165) is 32.1 Å². The van der Waals surface area contributed by atoms with Crippen molar-refractivity contribution >= 4 is 44.9 Å². The molecule has 1 aromatic heterocycles. The number of hydrogen-bond donors (Lipinski definition) is 3. The summed E-state index contributed by atoms with van der Waals surface area (Å²) in [6.45, 7) is 10.3. The molecule has 1 aromatic carbocycles. The number of carbonyl (C=O) groups excluding carboxylic acids is 4. The number of methoxy groups -OCH3 is 1. The van der Waals surface area contributed by atoms with Crippen LogP contribution in [0.3, 0.4) is 0 Å². The molecular weight excluding hydrogens is 779 g/mol. The molecule has 3 N–H and O–H groups in total. The maximum atomic E-state index is 14.8. The van der Waals surface area contributed by atoms with Gasteiger partial charge in [0.25, 0.3) is 5.91 Å². The summed E-state index contributed by atoms with van der Waals surface area (Å²) in [6, 6.07) is 2.66. The predicted octanol–water partition coefficient (Wildman–Crippen LogP) is 4.65. The minimum absolute atomic E-state index is 0.0853. The van der Waals surface area contributed by atoms with Crippen molar-refractivity contribution in [2.75, 3.05) is 20.3 Å². The molecule has 3 fully saturated rings. The van der Waals surface area contributed by atoms with Gasteiger partial charge < -0.3 is 29.7 Å². The molecular formula is C40H56F2N6O9S. The second-order valence-electron chi connectivity index (χ2n) is 17.7. The lowest BCUT2D eigenvalue weighted by atomic mass is 9.85. The molecule has 2 aromatic rings. The Morgan fingerprint density at radius 1 is 1.12 bits per heavy atom. The summed E-state index contributed by atoms with van der Waals surface area (Å²) in [6.07, 6.45) is -0.126. The van der Waals surface area contributed by atoms with E-state index in [9.17, 15) is 36.4 Å². The number of aromatic nitrogens is 2. The first-order chi connectivity index (χ1) is 27.2. The summed E-state index contributed by atoms with van der Waals surface area (Å²) >= 11 is 0. The van der Waals surface area contributed by atoms with Gasteiger partial charge in [-0.05, 0) is 68.9 Å². The molecule has 18 heteroatoms. The highest BCUT2D eigenvalue weighted by molar-refractivity contribution is 7.91. The third-order valence-corrected chi connectivity index (χ3v) is 14.5. The van der Waals surface area contributed by atoms with E-state index in [-0.39, 0.29) is 37.8 Å². The number of nitrogens with one attached hydrogen (secondary N) is 3. The van der Waals surface area contributed by atoms with Crippen molar-refractivity contribution in [1.82, 2.24) is 30.2 Å². The van der Waals surface area contributed by atoms with Crippen LogP contribution in [0.1, 0.15) is 98.6 Å². The molecule has 1 unspecified atom stereocenters. The molecule has 7 atom stereocenters. The van der Waals surface area contributed by atoms with Crippen LogP contribution >= 0.6 is 0 Å². The van der Waals surface area contributed by atoms with Crippen LogP contribution in [0.25, 0.3) is 11.0 Å². The number of nitrogens with zero attached hydrogens (tertiary/aromatic N) is 3. The fraction of sp³-hybridized carbons (Fsp3) is 0.700. The largest absolute Gasteiger partial charge is 0.497 e. The van der Waals surface area contributed by atoms with Gasteiger partial charge >= 0.3 is 6.09 Å². The summed E-state index contributed by atoms with van der Waals surface area (Å²) in [5.74, 6) is -4.57. The van der Waals surface area contributed by atoms with Gasteiger partial charge in [-0.2, -0.15) is 0 Å². The molecule has 6 rings (SSSR count). The number of amides is 4.